The average molecular weight is 274 g/mol. The van der Waals surface area contributed by atoms with Gasteiger partial charge in [-0.05, 0) is 26.0 Å². The predicted octanol–water partition coefficient (Wildman–Crippen LogP) is 2.93. The Morgan fingerprint density at radius 3 is 2.16 bits per heavy atom. The van der Waals surface area contributed by atoms with E-state index in [-0.39, 0.29) is 17.6 Å². The van der Waals surface area contributed by atoms with Gasteiger partial charge in [0.15, 0.2) is 0 Å². The molecule has 0 fully saturated rings. The molecule has 1 aromatic rings. The summed E-state index contributed by atoms with van der Waals surface area (Å²) in [5, 5.41) is 1.22. The Balaban J connectivity index is 2.95. The van der Waals surface area contributed by atoms with Crippen molar-refractivity contribution >= 4 is 19.2 Å². The van der Waals surface area contributed by atoms with E-state index in [4.69, 9.17) is 11.2 Å². The van der Waals surface area contributed by atoms with Crippen LogP contribution in [0.5, 0.6) is 0 Å². The number of esters is 1. The standard InChI is InChI=1S/C16H22O2Si/c1-7-14-8-10-15(11-9-14)19(5,6)13(4)16(17)18-12(2)3/h1,8-13H,2-6H3/t13-/m0/s1. The van der Waals surface area contributed by atoms with Crippen molar-refractivity contribution in [1.82, 2.24) is 0 Å². The fourth-order valence-electron chi connectivity index (χ4n) is 1.88. The summed E-state index contributed by atoms with van der Waals surface area (Å²) in [5.41, 5.74) is 0.789. The summed E-state index contributed by atoms with van der Waals surface area (Å²) in [7, 11) is -1.89. The van der Waals surface area contributed by atoms with Crippen LogP contribution in [0.4, 0.5) is 0 Å². The molecule has 0 aliphatic rings. The summed E-state index contributed by atoms with van der Waals surface area (Å²) in [6.45, 7) is 10.1. The molecule has 2 nitrogen and oxygen atoms in total. The van der Waals surface area contributed by atoms with E-state index in [1.165, 1.54) is 5.19 Å². The molecular formula is C16H22O2Si. The van der Waals surface area contributed by atoms with Gasteiger partial charge in [0, 0.05) is 5.56 Å². The van der Waals surface area contributed by atoms with Crippen molar-refractivity contribution in [1.29, 1.82) is 0 Å². The zero-order valence-corrected chi connectivity index (χ0v) is 13.4. The van der Waals surface area contributed by atoms with Crippen LogP contribution in [0.2, 0.25) is 18.6 Å². The van der Waals surface area contributed by atoms with Gasteiger partial charge in [-0.1, -0.05) is 43.3 Å². The van der Waals surface area contributed by atoms with Gasteiger partial charge in [-0.15, -0.1) is 6.42 Å². The smallest absolute Gasteiger partial charge is 0.306 e. The first-order valence-electron chi connectivity index (χ1n) is 6.56. The van der Waals surface area contributed by atoms with Crippen molar-refractivity contribution in [2.24, 2.45) is 0 Å². The highest BCUT2D eigenvalue weighted by molar-refractivity contribution is 6.93. The van der Waals surface area contributed by atoms with Gasteiger partial charge in [0.05, 0.1) is 19.7 Å². The molecule has 0 bridgehead atoms. The highest BCUT2D eigenvalue weighted by Gasteiger charge is 2.36. The minimum atomic E-state index is -1.89. The topological polar surface area (TPSA) is 26.3 Å². The Bertz CT molecular complexity index is 480. The summed E-state index contributed by atoms with van der Waals surface area (Å²) in [5.74, 6) is 2.50. The molecule has 0 aliphatic carbocycles. The van der Waals surface area contributed by atoms with Gasteiger partial charge < -0.3 is 4.74 Å². The molecular weight excluding hydrogens is 252 g/mol. The third kappa shape index (κ3) is 3.71. The van der Waals surface area contributed by atoms with Crippen LogP contribution in [0.25, 0.3) is 0 Å². The molecule has 0 amide bonds. The Morgan fingerprint density at radius 2 is 1.74 bits per heavy atom. The van der Waals surface area contributed by atoms with Gasteiger partial charge >= 0.3 is 5.97 Å². The number of hydrogen-bond donors (Lipinski definition) is 0. The van der Waals surface area contributed by atoms with Crippen molar-refractivity contribution in [3.63, 3.8) is 0 Å². The summed E-state index contributed by atoms with van der Waals surface area (Å²) in [4.78, 5) is 12.1. The second kappa shape index (κ2) is 6.07. The molecule has 0 aliphatic heterocycles. The molecule has 19 heavy (non-hydrogen) atoms. The lowest BCUT2D eigenvalue weighted by atomic mass is 10.2. The van der Waals surface area contributed by atoms with Crippen molar-refractivity contribution in [3.8, 4) is 12.3 Å². The largest absolute Gasteiger partial charge is 0.463 e. The maximum absolute atomic E-state index is 12.1. The molecule has 1 rings (SSSR count). The van der Waals surface area contributed by atoms with Crippen LogP contribution in [-0.4, -0.2) is 20.1 Å². The molecule has 0 saturated heterocycles. The van der Waals surface area contributed by atoms with E-state index in [2.05, 4.69) is 19.0 Å². The monoisotopic (exact) mass is 274 g/mol. The van der Waals surface area contributed by atoms with Gasteiger partial charge in [-0.3, -0.25) is 4.79 Å². The molecule has 102 valence electrons. The SMILES string of the molecule is C#Cc1ccc([Si](C)(C)[C@@H](C)C(=O)OC(C)C)cc1. The van der Waals surface area contributed by atoms with Crippen LogP contribution in [-0.2, 0) is 9.53 Å². The van der Waals surface area contributed by atoms with Crippen molar-refractivity contribution < 1.29 is 9.53 Å². The zero-order valence-electron chi connectivity index (χ0n) is 12.4. The quantitative estimate of drug-likeness (QED) is 0.479. The van der Waals surface area contributed by atoms with Crippen LogP contribution in [0.3, 0.4) is 0 Å². The van der Waals surface area contributed by atoms with Crippen LogP contribution < -0.4 is 5.19 Å². The summed E-state index contributed by atoms with van der Waals surface area (Å²) < 4.78 is 5.33. The maximum Gasteiger partial charge on any atom is 0.306 e. The predicted molar refractivity (Wildman–Crippen MR) is 82.1 cm³/mol. The van der Waals surface area contributed by atoms with E-state index in [1.54, 1.807) is 0 Å². The van der Waals surface area contributed by atoms with Crippen LogP contribution in [0.15, 0.2) is 24.3 Å². The molecule has 1 aromatic carbocycles. The average Bonchev–Trinajstić information content (AvgIpc) is 2.37. The number of ether oxygens (including phenoxy) is 1. The second-order valence-corrected chi connectivity index (χ2v) is 10.5. The highest BCUT2D eigenvalue weighted by atomic mass is 28.3. The Labute approximate surface area is 117 Å². The van der Waals surface area contributed by atoms with E-state index in [0.717, 1.165) is 5.56 Å². The first kappa shape index (κ1) is 15.5. The zero-order chi connectivity index (χ0) is 14.6. The number of benzene rings is 1. The Kier molecular flexibility index (Phi) is 4.96. The second-order valence-electron chi connectivity index (χ2n) is 5.65. The molecule has 0 heterocycles. The maximum atomic E-state index is 12.1. The fraction of sp³-hybridized carbons (Fsp3) is 0.438. The van der Waals surface area contributed by atoms with Gasteiger partial charge in [0.25, 0.3) is 0 Å². The summed E-state index contributed by atoms with van der Waals surface area (Å²) in [6.07, 6.45) is 5.29. The van der Waals surface area contributed by atoms with E-state index < -0.39 is 8.07 Å². The van der Waals surface area contributed by atoms with Crippen LogP contribution >= 0.6 is 0 Å². The third-order valence-corrected chi connectivity index (χ3v) is 7.81. The number of carbonyl (C=O) groups is 1. The molecule has 0 spiro atoms. The van der Waals surface area contributed by atoms with Gasteiger partial charge in [0.2, 0.25) is 0 Å². The molecule has 0 radical (unpaired) electrons. The minimum absolute atomic E-state index is 0.0661. The number of hydrogen-bond acceptors (Lipinski definition) is 2. The third-order valence-electron chi connectivity index (χ3n) is 3.58. The van der Waals surface area contributed by atoms with E-state index >= 15 is 0 Å². The van der Waals surface area contributed by atoms with Crippen molar-refractivity contribution in [3.05, 3.63) is 29.8 Å². The van der Waals surface area contributed by atoms with Gasteiger partial charge in [-0.25, -0.2) is 0 Å². The lowest BCUT2D eigenvalue weighted by molar-refractivity contribution is -0.147. The summed E-state index contributed by atoms with van der Waals surface area (Å²) >= 11 is 0. The molecule has 0 aromatic heterocycles. The van der Waals surface area contributed by atoms with Gasteiger partial charge in [0.1, 0.15) is 0 Å². The lowest BCUT2D eigenvalue weighted by Crippen LogP contribution is -2.48. The molecule has 3 heteroatoms. The lowest BCUT2D eigenvalue weighted by Gasteiger charge is -2.29. The molecule has 0 unspecified atom stereocenters. The Morgan fingerprint density at radius 1 is 1.21 bits per heavy atom. The molecule has 1 atom stereocenters. The first-order valence-corrected chi connectivity index (χ1v) is 9.64. The number of carbonyl (C=O) groups excluding carboxylic acids is 1. The normalized spacial score (nSPS) is 12.9. The number of terminal acetylenes is 1. The van der Waals surface area contributed by atoms with E-state index in [9.17, 15) is 4.79 Å². The highest BCUT2D eigenvalue weighted by Crippen LogP contribution is 2.23. The van der Waals surface area contributed by atoms with Crippen molar-refractivity contribution in [2.75, 3.05) is 0 Å². The fourth-order valence-corrected chi connectivity index (χ4v) is 4.06. The summed E-state index contributed by atoms with van der Waals surface area (Å²) in [6, 6.07) is 7.95. The van der Waals surface area contributed by atoms with Crippen LogP contribution in [0, 0.1) is 12.3 Å². The Hall–Kier alpha value is -1.53. The van der Waals surface area contributed by atoms with E-state index in [0.29, 0.717) is 0 Å². The van der Waals surface area contributed by atoms with E-state index in [1.807, 2.05) is 45.0 Å². The van der Waals surface area contributed by atoms with Gasteiger partial charge in [-0.2, -0.15) is 0 Å². The first-order chi connectivity index (χ1) is 8.78. The van der Waals surface area contributed by atoms with Crippen LogP contribution in [0.1, 0.15) is 26.3 Å². The number of rotatable bonds is 4. The molecule has 0 saturated carbocycles. The molecule has 0 N–H and O–H groups in total. The minimum Gasteiger partial charge on any atom is -0.463 e. The van der Waals surface area contributed by atoms with Crippen molar-refractivity contribution in [2.45, 2.75) is 45.5 Å².